The molecule has 1 saturated heterocycles. The standard InChI is InChI=1S/C15H24N2O3/c1-17-8-6-13(7-9-17)20-14-5-4-12(11-16-19-3)10-15(14)18-2/h4-5,10,13,16H,6-9,11H2,1-3H3. The molecule has 1 fully saturated rings. The number of nitrogens with one attached hydrogen (secondary N) is 1. The van der Waals surface area contributed by atoms with E-state index >= 15 is 0 Å². The van der Waals surface area contributed by atoms with Crippen LogP contribution in [0.4, 0.5) is 0 Å². The van der Waals surface area contributed by atoms with Crippen LogP contribution in [0.2, 0.25) is 0 Å². The topological polar surface area (TPSA) is 43.0 Å². The van der Waals surface area contributed by atoms with Crippen LogP contribution in [0.3, 0.4) is 0 Å². The van der Waals surface area contributed by atoms with Gasteiger partial charge in [0.15, 0.2) is 11.5 Å². The summed E-state index contributed by atoms with van der Waals surface area (Å²) in [6.45, 7) is 2.81. The number of hydrogen-bond acceptors (Lipinski definition) is 5. The molecule has 2 rings (SSSR count). The van der Waals surface area contributed by atoms with E-state index in [0.717, 1.165) is 43.0 Å². The molecule has 112 valence electrons. The highest BCUT2D eigenvalue weighted by atomic mass is 16.6. The predicted molar refractivity (Wildman–Crippen MR) is 78.0 cm³/mol. The first kappa shape index (κ1) is 15.1. The average Bonchev–Trinajstić information content (AvgIpc) is 2.48. The summed E-state index contributed by atoms with van der Waals surface area (Å²) in [5.74, 6) is 1.60. The number of benzene rings is 1. The minimum Gasteiger partial charge on any atom is -0.493 e. The summed E-state index contributed by atoms with van der Waals surface area (Å²) in [4.78, 5) is 7.18. The fraction of sp³-hybridized carbons (Fsp3) is 0.600. The summed E-state index contributed by atoms with van der Waals surface area (Å²) in [6, 6.07) is 5.99. The second kappa shape index (κ2) is 7.47. The number of methoxy groups -OCH3 is 1. The predicted octanol–water partition coefficient (Wildman–Crippen LogP) is 1.82. The number of nitrogens with zero attached hydrogens (tertiary/aromatic N) is 1. The Morgan fingerprint density at radius 3 is 2.60 bits per heavy atom. The lowest BCUT2D eigenvalue weighted by atomic mass is 10.1. The zero-order valence-electron chi connectivity index (χ0n) is 12.5. The maximum absolute atomic E-state index is 6.08. The molecular formula is C15H24N2O3. The highest BCUT2D eigenvalue weighted by Gasteiger charge is 2.19. The van der Waals surface area contributed by atoms with Crippen LogP contribution in [0.5, 0.6) is 11.5 Å². The monoisotopic (exact) mass is 280 g/mol. The Hall–Kier alpha value is -1.30. The molecule has 0 radical (unpaired) electrons. The van der Waals surface area contributed by atoms with E-state index in [2.05, 4.69) is 17.4 Å². The van der Waals surface area contributed by atoms with Gasteiger partial charge in [-0.2, -0.15) is 5.48 Å². The van der Waals surface area contributed by atoms with Crippen LogP contribution in [0, 0.1) is 0 Å². The van der Waals surface area contributed by atoms with Crippen molar-refractivity contribution >= 4 is 0 Å². The zero-order valence-corrected chi connectivity index (χ0v) is 12.5. The summed E-state index contributed by atoms with van der Waals surface area (Å²) in [7, 11) is 5.42. The smallest absolute Gasteiger partial charge is 0.161 e. The molecule has 0 aromatic heterocycles. The van der Waals surface area contributed by atoms with Crippen molar-refractivity contribution in [3.63, 3.8) is 0 Å². The van der Waals surface area contributed by atoms with Gasteiger partial charge in [0.05, 0.1) is 14.2 Å². The molecule has 1 heterocycles. The lowest BCUT2D eigenvalue weighted by Crippen LogP contribution is -2.35. The Balaban J connectivity index is 1.99. The van der Waals surface area contributed by atoms with Crippen LogP contribution in [0.1, 0.15) is 18.4 Å². The Morgan fingerprint density at radius 2 is 1.95 bits per heavy atom. The Morgan fingerprint density at radius 1 is 1.20 bits per heavy atom. The lowest BCUT2D eigenvalue weighted by Gasteiger charge is -2.29. The van der Waals surface area contributed by atoms with Crippen molar-refractivity contribution in [1.82, 2.24) is 10.4 Å². The maximum atomic E-state index is 6.08. The van der Waals surface area contributed by atoms with Crippen molar-refractivity contribution in [1.29, 1.82) is 0 Å². The average molecular weight is 280 g/mol. The van der Waals surface area contributed by atoms with E-state index in [1.54, 1.807) is 14.2 Å². The van der Waals surface area contributed by atoms with E-state index in [0.29, 0.717) is 6.54 Å². The lowest BCUT2D eigenvalue weighted by molar-refractivity contribution is 0.0865. The van der Waals surface area contributed by atoms with E-state index in [1.807, 2.05) is 18.2 Å². The molecule has 1 N–H and O–H groups in total. The molecule has 0 unspecified atom stereocenters. The summed E-state index contributed by atoms with van der Waals surface area (Å²) >= 11 is 0. The van der Waals surface area contributed by atoms with Gasteiger partial charge in [0.2, 0.25) is 0 Å². The summed E-state index contributed by atoms with van der Waals surface area (Å²) in [6.07, 6.45) is 2.40. The Labute approximate surface area is 120 Å². The molecule has 1 aliphatic heterocycles. The summed E-state index contributed by atoms with van der Waals surface area (Å²) in [5.41, 5.74) is 3.92. The van der Waals surface area contributed by atoms with Crippen molar-refractivity contribution in [3.8, 4) is 11.5 Å². The van der Waals surface area contributed by atoms with Gasteiger partial charge in [0.25, 0.3) is 0 Å². The van der Waals surface area contributed by atoms with E-state index in [4.69, 9.17) is 14.3 Å². The number of ether oxygens (including phenoxy) is 2. The van der Waals surface area contributed by atoms with Crippen molar-refractivity contribution in [2.24, 2.45) is 0 Å². The van der Waals surface area contributed by atoms with Crippen LogP contribution >= 0.6 is 0 Å². The third-order valence-corrected chi connectivity index (χ3v) is 3.61. The molecule has 1 aromatic rings. The maximum Gasteiger partial charge on any atom is 0.161 e. The normalized spacial score (nSPS) is 17.1. The van der Waals surface area contributed by atoms with Gasteiger partial charge in [-0.1, -0.05) is 6.07 Å². The first-order chi connectivity index (χ1) is 9.72. The molecule has 0 bridgehead atoms. The van der Waals surface area contributed by atoms with Crippen molar-refractivity contribution in [2.75, 3.05) is 34.4 Å². The largest absolute Gasteiger partial charge is 0.493 e. The number of likely N-dealkylation sites (tertiary alicyclic amines) is 1. The van der Waals surface area contributed by atoms with Crippen molar-refractivity contribution < 1.29 is 14.3 Å². The molecule has 0 saturated carbocycles. The van der Waals surface area contributed by atoms with Gasteiger partial charge in [-0.05, 0) is 37.6 Å². The van der Waals surface area contributed by atoms with Crippen molar-refractivity contribution in [2.45, 2.75) is 25.5 Å². The van der Waals surface area contributed by atoms with Gasteiger partial charge in [-0.3, -0.25) is 0 Å². The van der Waals surface area contributed by atoms with Crippen LogP contribution in [-0.2, 0) is 11.4 Å². The van der Waals surface area contributed by atoms with Crippen LogP contribution in [0.25, 0.3) is 0 Å². The molecular weight excluding hydrogens is 256 g/mol. The number of rotatable bonds is 6. The molecule has 1 aliphatic rings. The summed E-state index contributed by atoms with van der Waals surface area (Å²) in [5, 5.41) is 0. The fourth-order valence-electron chi connectivity index (χ4n) is 2.36. The van der Waals surface area contributed by atoms with Gasteiger partial charge in [0, 0.05) is 19.6 Å². The van der Waals surface area contributed by atoms with E-state index in [-0.39, 0.29) is 6.10 Å². The molecule has 20 heavy (non-hydrogen) atoms. The van der Waals surface area contributed by atoms with Crippen LogP contribution in [0.15, 0.2) is 18.2 Å². The third-order valence-electron chi connectivity index (χ3n) is 3.61. The number of hydroxylamine groups is 1. The first-order valence-electron chi connectivity index (χ1n) is 7.01. The van der Waals surface area contributed by atoms with Gasteiger partial charge in [-0.15, -0.1) is 0 Å². The van der Waals surface area contributed by atoms with Gasteiger partial charge in [-0.25, -0.2) is 0 Å². The van der Waals surface area contributed by atoms with Crippen LogP contribution in [-0.4, -0.2) is 45.4 Å². The van der Waals surface area contributed by atoms with E-state index in [1.165, 1.54) is 0 Å². The highest BCUT2D eigenvalue weighted by molar-refractivity contribution is 5.43. The van der Waals surface area contributed by atoms with E-state index in [9.17, 15) is 0 Å². The second-order valence-electron chi connectivity index (χ2n) is 5.13. The number of hydrogen-bond donors (Lipinski definition) is 1. The number of piperidine rings is 1. The van der Waals surface area contributed by atoms with Crippen LogP contribution < -0.4 is 15.0 Å². The van der Waals surface area contributed by atoms with Crippen molar-refractivity contribution in [3.05, 3.63) is 23.8 Å². The molecule has 0 spiro atoms. The van der Waals surface area contributed by atoms with Gasteiger partial charge >= 0.3 is 0 Å². The first-order valence-corrected chi connectivity index (χ1v) is 7.01. The quantitative estimate of drug-likeness (QED) is 0.805. The molecule has 1 aromatic carbocycles. The summed E-state index contributed by atoms with van der Waals surface area (Å²) < 4.78 is 11.5. The van der Waals surface area contributed by atoms with E-state index < -0.39 is 0 Å². The fourth-order valence-corrected chi connectivity index (χ4v) is 2.36. The minimum atomic E-state index is 0.281. The molecule has 0 atom stereocenters. The Bertz CT molecular complexity index is 418. The molecule has 0 aliphatic carbocycles. The molecule has 5 heteroatoms. The van der Waals surface area contributed by atoms with Gasteiger partial charge in [0.1, 0.15) is 6.10 Å². The SMILES string of the molecule is CONCc1ccc(OC2CCN(C)CC2)c(OC)c1. The molecule has 0 amide bonds. The molecule has 5 nitrogen and oxygen atoms in total. The third kappa shape index (κ3) is 4.10. The minimum absolute atomic E-state index is 0.281. The highest BCUT2D eigenvalue weighted by Crippen LogP contribution is 2.30. The second-order valence-corrected chi connectivity index (χ2v) is 5.13. The zero-order chi connectivity index (χ0) is 14.4. The van der Waals surface area contributed by atoms with Gasteiger partial charge < -0.3 is 19.2 Å². The Kier molecular flexibility index (Phi) is 5.64.